The molecule has 0 saturated carbocycles. The van der Waals surface area contributed by atoms with E-state index in [0.717, 1.165) is 48.6 Å². The molecule has 6 heteroatoms. The quantitative estimate of drug-likeness (QED) is 0.614. The van der Waals surface area contributed by atoms with Gasteiger partial charge in [-0.3, -0.25) is 9.69 Å². The minimum atomic E-state index is -0.0677. The number of carbonyl (C=O) groups excluding carboxylic acids is 1. The summed E-state index contributed by atoms with van der Waals surface area (Å²) in [5.74, 6) is 1.34. The van der Waals surface area contributed by atoms with Gasteiger partial charge in [-0.2, -0.15) is 0 Å². The highest BCUT2D eigenvalue weighted by atomic mass is 35.5. The number of benzene rings is 2. The summed E-state index contributed by atoms with van der Waals surface area (Å²) in [5.41, 5.74) is 2.81. The normalized spacial score (nSPS) is 16.3. The lowest BCUT2D eigenvalue weighted by atomic mass is 10.1. The molecule has 158 valence electrons. The molecule has 0 aliphatic carbocycles. The molecule has 0 aromatic heterocycles. The van der Waals surface area contributed by atoms with Crippen LogP contribution in [0.4, 0.5) is 5.69 Å². The Kier molecular flexibility index (Phi) is 6.60. The number of likely N-dealkylation sites (tertiary alicyclic amines) is 1. The van der Waals surface area contributed by atoms with Crippen LogP contribution in [0.15, 0.2) is 42.5 Å². The molecule has 0 spiro atoms. The lowest BCUT2D eigenvalue weighted by Crippen LogP contribution is -2.27. The highest BCUT2D eigenvalue weighted by Crippen LogP contribution is 2.39. The van der Waals surface area contributed by atoms with Crippen LogP contribution in [0.1, 0.15) is 24.0 Å². The Hall–Kier alpha value is -2.50. The summed E-state index contributed by atoms with van der Waals surface area (Å²) in [6.07, 6.45) is 6.67. The number of ether oxygens (including phenoxy) is 2. The van der Waals surface area contributed by atoms with Crippen LogP contribution in [-0.4, -0.2) is 50.7 Å². The number of amides is 1. The molecule has 5 nitrogen and oxygen atoms in total. The number of anilines is 1. The Bertz CT molecular complexity index is 938. The van der Waals surface area contributed by atoms with Gasteiger partial charge in [0, 0.05) is 30.3 Å². The first-order valence-electron chi connectivity index (χ1n) is 10.5. The molecular weight excluding hydrogens is 400 g/mol. The van der Waals surface area contributed by atoms with Crippen LogP contribution in [0.25, 0.3) is 6.08 Å². The minimum absolute atomic E-state index is 0.0677. The Morgan fingerprint density at radius 2 is 1.93 bits per heavy atom. The minimum Gasteiger partial charge on any atom is -0.493 e. The molecule has 4 rings (SSSR count). The monoisotopic (exact) mass is 426 g/mol. The van der Waals surface area contributed by atoms with Crippen molar-refractivity contribution in [2.45, 2.75) is 19.3 Å². The summed E-state index contributed by atoms with van der Waals surface area (Å²) >= 11 is 6.19. The Balaban J connectivity index is 1.48. The molecule has 1 fully saturated rings. The highest BCUT2D eigenvalue weighted by molar-refractivity contribution is 6.32. The van der Waals surface area contributed by atoms with Gasteiger partial charge < -0.3 is 14.4 Å². The topological polar surface area (TPSA) is 42.0 Å². The summed E-state index contributed by atoms with van der Waals surface area (Å²) in [5, 5.41) is 0.627. The molecule has 0 unspecified atom stereocenters. The summed E-state index contributed by atoms with van der Waals surface area (Å²) in [6, 6.07) is 11.4. The Morgan fingerprint density at radius 1 is 1.13 bits per heavy atom. The summed E-state index contributed by atoms with van der Waals surface area (Å²) < 4.78 is 11.6. The van der Waals surface area contributed by atoms with E-state index in [1.165, 1.54) is 12.8 Å². The van der Waals surface area contributed by atoms with Crippen LogP contribution in [-0.2, 0) is 11.2 Å². The maximum atomic E-state index is 12.9. The fraction of sp³-hybridized carbons (Fsp3) is 0.375. The van der Waals surface area contributed by atoms with Gasteiger partial charge in [0.25, 0.3) is 5.91 Å². The molecule has 0 bridgehead atoms. The van der Waals surface area contributed by atoms with Gasteiger partial charge in [0.2, 0.25) is 0 Å². The van der Waals surface area contributed by atoms with Gasteiger partial charge in [-0.15, -0.1) is 0 Å². The van der Waals surface area contributed by atoms with Crippen molar-refractivity contribution < 1.29 is 14.3 Å². The van der Waals surface area contributed by atoms with E-state index in [1.54, 1.807) is 24.2 Å². The number of hydrogen-bond donors (Lipinski definition) is 0. The smallest absolute Gasteiger partial charge is 0.251 e. The fourth-order valence-corrected chi connectivity index (χ4v) is 4.25. The van der Waals surface area contributed by atoms with Crippen molar-refractivity contribution in [3.8, 4) is 11.5 Å². The third-order valence-electron chi connectivity index (χ3n) is 5.70. The average molecular weight is 427 g/mol. The third-order valence-corrected chi connectivity index (χ3v) is 6.05. The van der Waals surface area contributed by atoms with E-state index < -0.39 is 0 Å². The van der Waals surface area contributed by atoms with Crippen LogP contribution in [0.3, 0.4) is 0 Å². The van der Waals surface area contributed by atoms with Gasteiger partial charge in [-0.05, 0) is 61.7 Å². The van der Waals surface area contributed by atoms with Crippen molar-refractivity contribution in [3.05, 3.63) is 58.6 Å². The second-order valence-corrected chi connectivity index (χ2v) is 8.03. The van der Waals surface area contributed by atoms with Crippen molar-refractivity contribution in [2.24, 2.45) is 0 Å². The maximum Gasteiger partial charge on any atom is 0.251 e. The lowest BCUT2D eigenvalue weighted by molar-refractivity contribution is -0.114. The predicted octanol–water partition coefficient (Wildman–Crippen LogP) is 4.43. The van der Waals surface area contributed by atoms with Gasteiger partial charge in [-0.25, -0.2) is 0 Å². The zero-order chi connectivity index (χ0) is 20.9. The molecule has 2 heterocycles. The van der Waals surface area contributed by atoms with Crippen LogP contribution in [0, 0.1) is 0 Å². The summed E-state index contributed by atoms with van der Waals surface area (Å²) in [7, 11) is 1.65. The van der Waals surface area contributed by atoms with Gasteiger partial charge in [-0.1, -0.05) is 29.8 Å². The molecule has 0 radical (unpaired) electrons. The van der Waals surface area contributed by atoms with E-state index in [-0.39, 0.29) is 5.91 Å². The molecule has 0 N–H and O–H groups in total. The standard InChI is InChI=1S/C24H27ClN2O3/c1-29-22-16-19-10-13-27(24(28)9-8-18-6-2-3-7-20(18)25)21(19)17-23(22)30-15-14-26-11-4-5-12-26/h2-3,6-9,16-17H,4-5,10-15H2,1H3/b9-8+. The number of methoxy groups -OCH3 is 1. The highest BCUT2D eigenvalue weighted by Gasteiger charge is 2.26. The fourth-order valence-electron chi connectivity index (χ4n) is 4.05. The van der Waals surface area contributed by atoms with Crippen molar-refractivity contribution >= 4 is 29.3 Å². The van der Waals surface area contributed by atoms with E-state index in [9.17, 15) is 4.79 Å². The van der Waals surface area contributed by atoms with Crippen molar-refractivity contribution in [2.75, 3.05) is 44.8 Å². The van der Waals surface area contributed by atoms with Gasteiger partial charge in [0.05, 0.1) is 12.8 Å². The van der Waals surface area contributed by atoms with E-state index in [4.69, 9.17) is 21.1 Å². The van der Waals surface area contributed by atoms with E-state index >= 15 is 0 Å². The maximum absolute atomic E-state index is 12.9. The van der Waals surface area contributed by atoms with E-state index in [2.05, 4.69) is 4.90 Å². The van der Waals surface area contributed by atoms with Gasteiger partial charge >= 0.3 is 0 Å². The lowest BCUT2D eigenvalue weighted by Gasteiger charge is -2.19. The largest absolute Gasteiger partial charge is 0.493 e. The predicted molar refractivity (Wildman–Crippen MR) is 121 cm³/mol. The number of rotatable bonds is 7. The summed E-state index contributed by atoms with van der Waals surface area (Å²) in [4.78, 5) is 17.1. The van der Waals surface area contributed by atoms with Crippen LogP contribution < -0.4 is 14.4 Å². The first-order chi connectivity index (χ1) is 14.7. The number of carbonyl (C=O) groups is 1. The third kappa shape index (κ3) is 4.63. The molecule has 1 amide bonds. The molecule has 0 atom stereocenters. The molecule has 2 aromatic carbocycles. The first kappa shape index (κ1) is 20.8. The number of halogens is 1. The molecule has 2 aromatic rings. The van der Waals surface area contributed by atoms with Crippen LogP contribution >= 0.6 is 11.6 Å². The summed E-state index contributed by atoms with van der Waals surface area (Å²) in [6.45, 7) is 4.44. The number of nitrogens with zero attached hydrogens (tertiary/aromatic N) is 2. The average Bonchev–Trinajstić information content (AvgIpc) is 3.42. The molecule has 2 aliphatic rings. The van der Waals surface area contributed by atoms with Crippen molar-refractivity contribution in [1.29, 1.82) is 0 Å². The van der Waals surface area contributed by atoms with Crippen molar-refractivity contribution in [3.63, 3.8) is 0 Å². The first-order valence-corrected chi connectivity index (χ1v) is 10.8. The number of fused-ring (bicyclic) bond motifs is 1. The SMILES string of the molecule is COc1cc2c(cc1OCCN1CCCC1)N(C(=O)/C=C/c1ccccc1Cl)CC2. The van der Waals surface area contributed by atoms with Gasteiger partial charge in [0.15, 0.2) is 11.5 Å². The van der Waals surface area contributed by atoms with E-state index in [1.807, 2.05) is 36.4 Å². The second-order valence-electron chi connectivity index (χ2n) is 7.62. The molecular formula is C24H27ClN2O3. The molecule has 1 saturated heterocycles. The molecule has 2 aliphatic heterocycles. The van der Waals surface area contributed by atoms with Crippen LogP contribution in [0.5, 0.6) is 11.5 Å². The van der Waals surface area contributed by atoms with Crippen LogP contribution in [0.2, 0.25) is 5.02 Å². The van der Waals surface area contributed by atoms with Crippen molar-refractivity contribution in [1.82, 2.24) is 4.90 Å². The second kappa shape index (κ2) is 9.54. The number of hydrogen-bond acceptors (Lipinski definition) is 4. The zero-order valence-corrected chi connectivity index (χ0v) is 18.0. The zero-order valence-electron chi connectivity index (χ0n) is 17.3. The van der Waals surface area contributed by atoms with Gasteiger partial charge in [0.1, 0.15) is 6.61 Å². The molecule has 30 heavy (non-hydrogen) atoms. The Labute approximate surface area is 182 Å². The Morgan fingerprint density at radius 3 is 2.70 bits per heavy atom. The van der Waals surface area contributed by atoms with E-state index in [0.29, 0.717) is 23.9 Å².